The minimum atomic E-state index is -3.71. The van der Waals surface area contributed by atoms with Crippen molar-refractivity contribution in [1.82, 2.24) is 8.61 Å². The van der Waals surface area contributed by atoms with Gasteiger partial charge in [0.1, 0.15) is 9.77 Å². The van der Waals surface area contributed by atoms with E-state index in [0.29, 0.717) is 31.9 Å². The van der Waals surface area contributed by atoms with Crippen LogP contribution in [-0.2, 0) is 20.0 Å². The van der Waals surface area contributed by atoms with Gasteiger partial charge >= 0.3 is 0 Å². The molecule has 0 unspecified atom stereocenters. The van der Waals surface area contributed by atoms with Crippen LogP contribution < -0.4 is 5.32 Å². The minimum Gasteiger partial charge on any atom is -0.321 e. The maximum Gasteiger partial charge on any atom is 0.267 e. The number of carbonyl (C=O) groups is 1. The Balaban J connectivity index is 1.49. The normalized spacial score (nSPS) is 19.0. The number of anilines is 1. The lowest BCUT2D eigenvalue weighted by Crippen LogP contribution is -2.31. The second kappa shape index (κ2) is 9.60. The highest BCUT2D eigenvalue weighted by Crippen LogP contribution is 2.29. The lowest BCUT2D eigenvalue weighted by atomic mass is 10.2. The fraction of sp³-hybridized carbons (Fsp3) is 0.476. The SMILES string of the molecule is O=C(Nc1ccc(S(=O)(=O)N2CCCCCC2)cc1)c1sccc1S(=O)(=O)N1CCCC1. The minimum absolute atomic E-state index is 0.0160. The number of nitrogens with zero attached hydrogens (tertiary/aromatic N) is 2. The Morgan fingerprint density at radius 1 is 0.750 bits per heavy atom. The molecule has 1 aromatic carbocycles. The Bertz CT molecular complexity index is 1160. The molecular weight excluding hydrogens is 470 g/mol. The molecule has 0 atom stereocenters. The molecule has 2 aromatic rings. The van der Waals surface area contributed by atoms with Gasteiger partial charge in [0.15, 0.2) is 0 Å². The molecule has 1 aromatic heterocycles. The van der Waals surface area contributed by atoms with Crippen molar-refractivity contribution in [3.05, 3.63) is 40.6 Å². The van der Waals surface area contributed by atoms with Crippen LogP contribution in [0.4, 0.5) is 5.69 Å². The molecule has 0 saturated carbocycles. The molecule has 0 bridgehead atoms. The molecule has 0 aliphatic carbocycles. The van der Waals surface area contributed by atoms with Crippen LogP contribution in [0.25, 0.3) is 0 Å². The second-order valence-corrected chi connectivity index (χ2v) is 12.8. The van der Waals surface area contributed by atoms with Crippen LogP contribution in [0.3, 0.4) is 0 Å². The van der Waals surface area contributed by atoms with Gasteiger partial charge in [-0.25, -0.2) is 16.8 Å². The van der Waals surface area contributed by atoms with E-state index < -0.39 is 26.0 Å². The summed E-state index contributed by atoms with van der Waals surface area (Å²) in [5.74, 6) is -0.527. The van der Waals surface area contributed by atoms with E-state index >= 15 is 0 Å². The lowest BCUT2D eigenvalue weighted by molar-refractivity contribution is 0.102. The summed E-state index contributed by atoms with van der Waals surface area (Å²) < 4.78 is 54.5. The van der Waals surface area contributed by atoms with E-state index in [1.54, 1.807) is 5.38 Å². The van der Waals surface area contributed by atoms with Crippen LogP contribution in [0.2, 0.25) is 0 Å². The average molecular weight is 498 g/mol. The lowest BCUT2D eigenvalue weighted by Gasteiger charge is -2.20. The highest BCUT2D eigenvalue weighted by atomic mass is 32.2. The summed E-state index contributed by atoms with van der Waals surface area (Å²) in [6.45, 7) is 1.97. The third-order valence-electron chi connectivity index (χ3n) is 5.83. The summed E-state index contributed by atoms with van der Waals surface area (Å²) in [7, 11) is -7.28. The van der Waals surface area contributed by atoms with Crippen LogP contribution in [-0.4, -0.2) is 57.5 Å². The summed E-state index contributed by atoms with van der Waals surface area (Å²) >= 11 is 1.07. The zero-order valence-corrected chi connectivity index (χ0v) is 20.1. The third kappa shape index (κ3) is 4.76. The summed E-state index contributed by atoms with van der Waals surface area (Å²) in [5, 5.41) is 4.29. The predicted molar refractivity (Wildman–Crippen MR) is 124 cm³/mol. The molecule has 174 valence electrons. The van der Waals surface area contributed by atoms with Crippen molar-refractivity contribution in [3.63, 3.8) is 0 Å². The van der Waals surface area contributed by atoms with Crippen molar-refractivity contribution in [2.24, 2.45) is 0 Å². The second-order valence-electron chi connectivity index (χ2n) is 8.02. The van der Waals surface area contributed by atoms with Crippen molar-refractivity contribution in [3.8, 4) is 0 Å². The number of carbonyl (C=O) groups excluding carboxylic acids is 1. The van der Waals surface area contributed by atoms with E-state index in [1.807, 2.05) is 0 Å². The van der Waals surface area contributed by atoms with Gasteiger partial charge in [-0.1, -0.05) is 12.8 Å². The fourth-order valence-electron chi connectivity index (χ4n) is 4.06. The van der Waals surface area contributed by atoms with Crippen molar-refractivity contribution < 1.29 is 21.6 Å². The van der Waals surface area contributed by atoms with E-state index in [1.165, 1.54) is 38.9 Å². The number of amides is 1. The van der Waals surface area contributed by atoms with Gasteiger partial charge in [0.05, 0.1) is 4.90 Å². The van der Waals surface area contributed by atoms with Gasteiger partial charge in [-0.15, -0.1) is 11.3 Å². The van der Waals surface area contributed by atoms with Crippen LogP contribution in [0.1, 0.15) is 48.2 Å². The van der Waals surface area contributed by atoms with Crippen LogP contribution in [0, 0.1) is 0 Å². The Kier molecular flexibility index (Phi) is 7.01. The van der Waals surface area contributed by atoms with Gasteiger partial charge in [-0.3, -0.25) is 4.79 Å². The Morgan fingerprint density at radius 3 is 1.88 bits per heavy atom. The first kappa shape index (κ1) is 23.4. The first-order chi connectivity index (χ1) is 15.3. The maximum atomic E-state index is 12.9. The number of rotatable bonds is 6. The molecule has 0 spiro atoms. The van der Waals surface area contributed by atoms with Crippen molar-refractivity contribution in [2.75, 3.05) is 31.5 Å². The molecule has 11 heteroatoms. The van der Waals surface area contributed by atoms with E-state index in [4.69, 9.17) is 0 Å². The van der Waals surface area contributed by atoms with E-state index in [-0.39, 0.29) is 14.7 Å². The number of hydrogen-bond donors (Lipinski definition) is 1. The van der Waals surface area contributed by atoms with Crippen LogP contribution in [0.15, 0.2) is 45.5 Å². The van der Waals surface area contributed by atoms with Crippen molar-refractivity contribution in [2.45, 2.75) is 48.3 Å². The molecule has 32 heavy (non-hydrogen) atoms. The highest BCUT2D eigenvalue weighted by Gasteiger charge is 2.32. The zero-order valence-electron chi connectivity index (χ0n) is 17.7. The van der Waals surface area contributed by atoms with Crippen LogP contribution in [0.5, 0.6) is 0 Å². The molecule has 1 amide bonds. The molecule has 2 fully saturated rings. The molecule has 8 nitrogen and oxygen atoms in total. The summed E-state index contributed by atoms with van der Waals surface area (Å²) in [6.07, 6.45) is 5.42. The number of thiophene rings is 1. The molecule has 3 heterocycles. The van der Waals surface area contributed by atoms with Crippen molar-refractivity contribution in [1.29, 1.82) is 0 Å². The molecule has 4 rings (SSSR count). The number of nitrogens with one attached hydrogen (secondary N) is 1. The number of benzene rings is 1. The van der Waals surface area contributed by atoms with E-state index in [2.05, 4.69) is 5.32 Å². The van der Waals surface area contributed by atoms with Gasteiger partial charge in [-0.05, 0) is 61.4 Å². The summed E-state index contributed by atoms with van der Waals surface area (Å²) in [5.41, 5.74) is 0.405. The van der Waals surface area contributed by atoms with E-state index in [0.717, 1.165) is 49.9 Å². The Labute approximate surface area is 193 Å². The molecule has 2 aliphatic heterocycles. The van der Waals surface area contributed by atoms with Crippen LogP contribution >= 0.6 is 11.3 Å². The molecule has 2 aliphatic rings. The fourth-order valence-corrected chi connectivity index (χ4v) is 8.39. The highest BCUT2D eigenvalue weighted by molar-refractivity contribution is 7.89. The molecule has 0 radical (unpaired) electrons. The van der Waals surface area contributed by atoms with Gasteiger partial charge in [0.2, 0.25) is 20.0 Å². The van der Waals surface area contributed by atoms with E-state index in [9.17, 15) is 21.6 Å². The first-order valence-electron chi connectivity index (χ1n) is 10.8. The predicted octanol–water partition coefficient (Wildman–Crippen LogP) is 3.35. The smallest absolute Gasteiger partial charge is 0.267 e. The largest absolute Gasteiger partial charge is 0.321 e. The Hall–Kier alpha value is -1.79. The third-order valence-corrected chi connectivity index (χ3v) is 10.7. The monoisotopic (exact) mass is 497 g/mol. The Morgan fingerprint density at radius 2 is 1.28 bits per heavy atom. The number of hydrogen-bond acceptors (Lipinski definition) is 6. The van der Waals surface area contributed by atoms with Gasteiger partial charge in [-0.2, -0.15) is 8.61 Å². The molecule has 1 N–H and O–H groups in total. The van der Waals surface area contributed by atoms with Crippen molar-refractivity contribution >= 4 is 43.0 Å². The maximum absolute atomic E-state index is 12.9. The van der Waals surface area contributed by atoms with Gasteiger partial charge in [0, 0.05) is 31.9 Å². The van der Waals surface area contributed by atoms with Gasteiger partial charge < -0.3 is 5.32 Å². The zero-order chi connectivity index (χ0) is 22.8. The topological polar surface area (TPSA) is 104 Å². The number of sulfonamides is 2. The van der Waals surface area contributed by atoms with Gasteiger partial charge in [0.25, 0.3) is 5.91 Å². The summed E-state index contributed by atoms with van der Waals surface area (Å²) in [4.78, 5) is 13.1. The standard InChI is InChI=1S/C21H27N3O5S3/c25-21(20-19(11-16-30-20)32(28,29)24-14-5-6-15-24)22-17-7-9-18(10-8-17)31(26,27)23-12-3-1-2-4-13-23/h7-11,16H,1-6,12-15H2,(H,22,25). The molecule has 2 saturated heterocycles. The molecular formula is C21H27N3O5S3. The average Bonchev–Trinajstić information content (AvgIpc) is 3.42. The quantitative estimate of drug-likeness (QED) is 0.659. The summed E-state index contributed by atoms with van der Waals surface area (Å²) in [6, 6.07) is 7.48. The first-order valence-corrected chi connectivity index (χ1v) is 14.6.